The van der Waals surface area contributed by atoms with Crippen LogP contribution in [0.15, 0.2) is 0 Å². The van der Waals surface area contributed by atoms with Crippen LogP contribution in [0.5, 0.6) is 0 Å². The van der Waals surface area contributed by atoms with Gasteiger partial charge in [0, 0.05) is 12.3 Å². The Bertz CT molecular complexity index is 517. The topological polar surface area (TPSA) is 46.5 Å². The van der Waals surface area contributed by atoms with Crippen molar-refractivity contribution in [2.45, 2.75) is 90.8 Å². The van der Waals surface area contributed by atoms with E-state index in [1.807, 2.05) is 0 Å². The maximum Gasteiger partial charge on any atom is 0.302 e. The van der Waals surface area contributed by atoms with Gasteiger partial charge in [-0.2, -0.15) is 0 Å². The molecule has 4 aliphatic rings. The number of hydrogen-bond donors (Lipinski definition) is 1. The van der Waals surface area contributed by atoms with Gasteiger partial charge in [-0.3, -0.25) is 4.79 Å². The first-order valence-electron chi connectivity index (χ1n) is 10.2. The zero-order valence-electron chi connectivity index (χ0n) is 15.6. The number of aliphatic hydroxyl groups excluding tert-OH is 1. The molecule has 0 saturated heterocycles. The second kappa shape index (κ2) is 5.72. The van der Waals surface area contributed by atoms with Crippen LogP contribution in [0.1, 0.15) is 78.6 Å². The molecule has 0 amide bonds. The average molecular weight is 335 g/mol. The van der Waals surface area contributed by atoms with Crippen molar-refractivity contribution < 1.29 is 14.6 Å². The van der Waals surface area contributed by atoms with Gasteiger partial charge in [0.2, 0.25) is 0 Å². The SMILES string of the molecule is CC(=O)O[C@H]1CCC2C3CCC4C[C@@H](O)CC[C@]4(C)C3CC[C@@]21C. The quantitative estimate of drug-likeness (QED) is 0.726. The van der Waals surface area contributed by atoms with E-state index in [0.717, 1.165) is 42.9 Å². The number of fused-ring (bicyclic) bond motifs is 5. The molecular formula is C21H34O3. The summed E-state index contributed by atoms with van der Waals surface area (Å²) < 4.78 is 5.74. The molecule has 0 spiro atoms. The number of rotatable bonds is 1. The number of hydrogen-bond acceptors (Lipinski definition) is 3. The minimum atomic E-state index is -0.110. The van der Waals surface area contributed by atoms with E-state index in [1.165, 1.54) is 38.5 Å². The molecule has 0 aliphatic heterocycles. The molecule has 0 heterocycles. The van der Waals surface area contributed by atoms with E-state index in [9.17, 15) is 9.90 Å². The van der Waals surface area contributed by atoms with Crippen LogP contribution in [0, 0.1) is 34.5 Å². The Morgan fingerprint density at radius 3 is 2.42 bits per heavy atom. The Labute approximate surface area is 146 Å². The summed E-state index contributed by atoms with van der Waals surface area (Å²) in [5, 5.41) is 10.1. The zero-order chi connectivity index (χ0) is 17.1. The molecule has 4 aliphatic carbocycles. The lowest BCUT2D eigenvalue weighted by molar-refractivity contribution is -0.163. The van der Waals surface area contributed by atoms with Crippen LogP contribution in [0.25, 0.3) is 0 Å². The van der Waals surface area contributed by atoms with E-state index in [1.54, 1.807) is 6.92 Å². The smallest absolute Gasteiger partial charge is 0.302 e. The molecule has 1 N–H and O–H groups in total. The van der Waals surface area contributed by atoms with E-state index in [-0.39, 0.29) is 23.6 Å². The Morgan fingerprint density at radius 2 is 1.67 bits per heavy atom. The molecule has 4 rings (SSSR count). The van der Waals surface area contributed by atoms with Crippen LogP contribution < -0.4 is 0 Å². The summed E-state index contributed by atoms with van der Waals surface area (Å²) in [6.45, 7) is 6.48. The Hall–Kier alpha value is -0.570. The minimum Gasteiger partial charge on any atom is -0.462 e. The number of carbonyl (C=O) groups excluding carboxylic acids is 1. The third-order valence-electron chi connectivity index (χ3n) is 8.86. The highest BCUT2D eigenvalue weighted by molar-refractivity contribution is 5.66. The lowest BCUT2D eigenvalue weighted by atomic mass is 9.45. The van der Waals surface area contributed by atoms with Crippen LogP contribution in [-0.2, 0) is 9.53 Å². The number of carbonyl (C=O) groups is 1. The summed E-state index contributed by atoms with van der Waals surface area (Å²) in [5.41, 5.74) is 0.632. The van der Waals surface area contributed by atoms with Crippen molar-refractivity contribution in [3.05, 3.63) is 0 Å². The highest BCUT2D eigenvalue weighted by Gasteiger charge is 2.60. The molecule has 0 bridgehead atoms. The van der Waals surface area contributed by atoms with Crippen LogP contribution in [-0.4, -0.2) is 23.3 Å². The van der Waals surface area contributed by atoms with Gasteiger partial charge < -0.3 is 9.84 Å². The predicted molar refractivity (Wildman–Crippen MR) is 93.3 cm³/mol. The van der Waals surface area contributed by atoms with E-state index < -0.39 is 0 Å². The summed E-state index contributed by atoms with van der Waals surface area (Å²) in [4.78, 5) is 11.5. The van der Waals surface area contributed by atoms with E-state index >= 15 is 0 Å². The number of esters is 1. The Morgan fingerprint density at radius 1 is 0.958 bits per heavy atom. The summed E-state index contributed by atoms with van der Waals surface area (Å²) in [5.74, 6) is 2.96. The average Bonchev–Trinajstić information content (AvgIpc) is 2.84. The van der Waals surface area contributed by atoms with Crippen molar-refractivity contribution in [2.75, 3.05) is 0 Å². The molecule has 3 heteroatoms. The molecule has 0 radical (unpaired) electrons. The molecule has 0 aromatic rings. The highest BCUT2D eigenvalue weighted by atomic mass is 16.5. The lowest BCUT2D eigenvalue weighted by Gasteiger charge is -2.60. The zero-order valence-corrected chi connectivity index (χ0v) is 15.6. The molecule has 4 fully saturated rings. The second-order valence-electron chi connectivity index (χ2n) is 9.81. The molecule has 24 heavy (non-hydrogen) atoms. The maximum atomic E-state index is 11.5. The van der Waals surface area contributed by atoms with Gasteiger partial charge in [-0.05, 0) is 86.9 Å². The number of ether oxygens (including phenoxy) is 1. The lowest BCUT2D eigenvalue weighted by Crippen LogP contribution is -2.54. The van der Waals surface area contributed by atoms with Gasteiger partial charge in [0.1, 0.15) is 6.10 Å². The summed E-state index contributed by atoms with van der Waals surface area (Å²) in [6, 6.07) is 0. The third kappa shape index (κ3) is 2.37. The van der Waals surface area contributed by atoms with Gasteiger partial charge in [-0.1, -0.05) is 13.8 Å². The Balaban J connectivity index is 1.57. The summed E-state index contributed by atoms with van der Waals surface area (Å²) >= 11 is 0. The fourth-order valence-electron chi connectivity index (χ4n) is 7.58. The normalized spacial score (nSPS) is 53.7. The molecule has 4 unspecified atom stereocenters. The Kier molecular flexibility index (Phi) is 4.02. The van der Waals surface area contributed by atoms with Crippen LogP contribution >= 0.6 is 0 Å². The third-order valence-corrected chi connectivity index (χ3v) is 8.86. The molecule has 3 nitrogen and oxygen atoms in total. The summed E-state index contributed by atoms with van der Waals surface area (Å²) in [6.07, 6.45) is 10.7. The highest BCUT2D eigenvalue weighted by Crippen LogP contribution is 2.66. The molecule has 0 aromatic heterocycles. The first kappa shape index (κ1) is 16.9. The van der Waals surface area contributed by atoms with Crippen molar-refractivity contribution in [2.24, 2.45) is 34.5 Å². The number of aliphatic hydroxyl groups is 1. The van der Waals surface area contributed by atoms with Crippen molar-refractivity contribution in [3.8, 4) is 0 Å². The van der Waals surface area contributed by atoms with Gasteiger partial charge in [-0.15, -0.1) is 0 Å². The standard InChI is InChI=1S/C21H34O3/c1-13(22)24-19-7-6-17-16-5-4-14-12-15(23)8-10-20(14,2)18(16)9-11-21(17,19)3/h14-19,23H,4-12H2,1-3H3/t14?,15-,16?,17?,18?,19-,20-,21-/m0/s1. The van der Waals surface area contributed by atoms with Crippen molar-refractivity contribution in [1.82, 2.24) is 0 Å². The van der Waals surface area contributed by atoms with Crippen molar-refractivity contribution in [1.29, 1.82) is 0 Å². The molecule has 0 aromatic carbocycles. The van der Waals surface area contributed by atoms with E-state index in [0.29, 0.717) is 5.41 Å². The minimum absolute atomic E-state index is 0.0618. The molecule has 136 valence electrons. The van der Waals surface area contributed by atoms with Crippen molar-refractivity contribution >= 4 is 5.97 Å². The van der Waals surface area contributed by atoms with Gasteiger partial charge in [0.15, 0.2) is 0 Å². The van der Waals surface area contributed by atoms with Crippen molar-refractivity contribution in [3.63, 3.8) is 0 Å². The molecule has 4 saturated carbocycles. The summed E-state index contributed by atoms with van der Waals surface area (Å²) in [7, 11) is 0. The van der Waals surface area contributed by atoms with Gasteiger partial charge in [-0.25, -0.2) is 0 Å². The van der Waals surface area contributed by atoms with Gasteiger partial charge >= 0.3 is 5.97 Å². The van der Waals surface area contributed by atoms with Gasteiger partial charge in [0.25, 0.3) is 0 Å². The van der Waals surface area contributed by atoms with Gasteiger partial charge in [0.05, 0.1) is 6.10 Å². The van der Waals surface area contributed by atoms with Crippen LogP contribution in [0.2, 0.25) is 0 Å². The van der Waals surface area contributed by atoms with Crippen LogP contribution in [0.4, 0.5) is 0 Å². The van der Waals surface area contributed by atoms with Crippen LogP contribution in [0.3, 0.4) is 0 Å². The fourth-order valence-corrected chi connectivity index (χ4v) is 7.58. The first-order valence-corrected chi connectivity index (χ1v) is 10.2. The molecular weight excluding hydrogens is 300 g/mol. The monoisotopic (exact) mass is 334 g/mol. The largest absolute Gasteiger partial charge is 0.462 e. The fraction of sp³-hybridized carbons (Fsp3) is 0.952. The maximum absolute atomic E-state index is 11.5. The predicted octanol–water partition coefficient (Wildman–Crippen LogP) is 4.32. The first-order chi connectivity index (χ1) is 11.3. The second-order valence-corrected chi connectivity index (χ2v) is 9.81. The van der Waals surface area contributed by atoms with E-state index in [4.69, 9.17) is 4.74 Å². The van der Waals surface area contributed by atoms with E-state index in [2.05, 4.69) is 13.8 Å². The molecule has 8 atom stereocenters.